The molecule has 2 aliphatic rings. The molecule has 0 amide bonds. The molecule has 0 saturated carbocycles. The Morgan fingerprint density at radius 3 is 2.81 bits per heavy atom. The van der Waals surface area contributed by atoms with Crippen molar-refractivity contribution in [1.29, 1.82) is 0 Å². The molecule has 148 valence electrons. The first-order valence-corrected chi connectivity index (χ1v) is 9.43. The molecular formula is C19H32IN3O3. The number of furan rings is 1. The Labute approximate surface area is 173 Å². The maximum absolute atomic E-state index is 5.90. The van der Waals surface area contributed by atoms with Gasteiger partial charge in [-0.25, -0.2) is 0 Å². The number of guanidine groups is 1. The van der Waals surface area contributed by atoms with Crippen LogP contribution in [0.5, 0.6) is 0 Å². The lowest BCUT2D eigenvalue weighted by Gasteiger charge is -2.41. The molecule has 2 saturated heterocycles. The number of halogens is 1. The first-order chi connectivity index (χ1) is 12.1. The molecule has 0 aliphatic carbocycles. The lowest BCUT2D eigenvalue weighted by Crippen LogP contribution is -2.53. The zero-order chi connectivity index (χ0) is 17.7. The highest BCUT2D eigenvalue weighted by Crippen LogP contribution is 2.34. The van der Waals surface area contributed by atoms with E-state index in [0.29, 0.717) is 31.7 Å². The van der Waals surface area contributed by atoms with Crippen LogP contribution in [-0.4, -0.2) is 55.5 Å². The van der Waals surface area contributed by atoms with Crippen molar-refractivity contribution < 1.29 is 13.9 Å². The molecule has 0 spiro atoms. The third-order valence-corrected chi connectivity index (χ3v) is 4.94. The Morgan fingerprint density at radius 1 is 1.38 bits per heavy atom. The molecule has 3 rings (SSSR count). The second-order valence-corrected chi connectivity index (χ2v) is 7.33. The Morgan fingerprint density at radius 2 is 2.15 bits per heavy atom. The summed E-state index contributed by atoms with van der Waals surface area (Å²) in [7, 11) is 0. The van der Waals surface area contributed by atoms with Crippen molar-refractivity contribution in [3.8, 4) is 0 Å². The van der Waals surface area contributed by atoms with Crippen molar-refractivity contribution in [2.45, 2.75) is 51.9 Å². The van der Waals surface area contributed by atoms with Crippen LogP contribution in [0.25, 0.3) is 0 Å². The summed E-state index contributed by atoms with van der Waals surface area (Å²) in [6, 6.07) is 4.26. The van der Waals surface area contributed by atoms with Crippen LogP contribution in [0.1, 0.15) is 39.4 Å². The molecule has 1 unspecified atom stereocenters. The summed E-state index contributed by atoms with van der Waals surface area (Å²) in [6.45, 7) is 10.4. The van der Waals surface area contributed by atoms with Crippen molar-refractivity contribution >= 4 is 29.9 Å². The summed E-state index contributed by atoms with van der Waals surface area (Å²) in [6.07, 6.45) is 4.79. The van der Waals surface area contributed by atoms with E-state index < -0.39 is 5.79 Å². The summed E-state index contributed by atoms with van der Waals surface area (Å²) in [5.74, 6) is 1.88. The van der Waals surface area contributed by atoms with Gasteiger partial charge < -0.3 is 24.1 Å². The van der Waals surface area contributed by atoms with E-state index in [0.717, 1.165) is 44.1 Å². The molecule has 2 aliphatic heterocycles. The number of hydrogen-bond acceptors (Lipinski definition) is 4. The van der Waals surface area contributed by atoms with Gasteiger partial charge >= 0.3 is 0 Å². The molecule has 1 atom stereocenters. The predicted molar refractivity (Wildman–Crippen MR) is 113 cm³/mol. The number of piperidine rings is 1. The number of likely N-dealkylation sites (tertiary alicyclic amines) is 1. The van der Waals surface area contributed by atoms with E-state index in [1.165, 1.54) is 0 Å². The molecule has 2 fully saturated rings. The first kappa shape index (κ1) is 21.5. The molecule has 1 aromatic rings. The van der Waals surface area contributed by atoms with Gasteiger partial charge in [-0.1, -0.05) is 0 Å². The smallest absolute Gasteiger partial charge is 0.194 e. The summed E-state index contributed by atoms with van der Waals surface area (Å²) < 4.78 is 17.2. The number of hydrogen-bond donors (Lipinski definition) is 1. The minimum Gasteiger partial charge on any atom is -0.469 e. The fourth-order valence-electron chi connectivity index (χ4n) is 3.59. The van der Waals surface area contributed by atoms with Gasteiger partial charge in [0.05, 0.1) is 19.5 Å². The van der Waals surface area contributed by atoms with Crippen LogP contribution in [-0.2, 0) is 15.9 Å². The van der Waals surface area contributed by atoms with Crippen LogP contribution in [0.2, 0.25) is 0 Å². The Kier molecular flexibility index (Phi) is 8.22. The number of aliphatic imine (C=N–C) groups is 1. The highest BCUT2D eigenvalue weighted by atomic mass is 127. The molecule has 26 heavy (non-hydrogen) atoms. The Bertz CT molecular complexity index is 556. The normalized spacial score (nSPS) is 23.2. The summed E-state index contributed by atoms with van der Waals surface area (Å²) in [5, 5.41) is 3.52. The zero-order valence-electron chi connectivity index (χ0n) is 16.1. The van der Waals surface area contributed by atoms with Crippen molar-refractivity contribution in [2.24, 2.45) is 10.9 Å². The molecule has 0 bridgehead atoms. The van der Waals surface area contributed by atoms with Gasteiger partial charge in [-0.3, -0.25) is 4.99 Å². The molecule has 1 aromatic heterocycles. The first-order valence-electron chi connectivity index (χ1n) is 9.43. The van der Waals surface area contributed by atoms with Gasteiger partial charge in [-0.05, 0) is 45.7 Å². The number of nitrogens with zero attached hydrogens (tertiary/aromatic N) is 2. The highest BCUT2D eigenvalue weighted by Gasteiger charge is 2.42. The average molecular weight is 477 g/mol. The van der Waals surface area contributed by atoms with Crippen molar-refractivity contribution in [3.63, 3.8) is 0 Å². The maximum atomic E-state index is 5.90. The number of ether oxygens (including phenoxy) is 2. The Balaban J connectivity index is 0.00000243. The minimum atomic E-state index is -0.449. The quantitative estimate of drug-likeness (QED) is 0.401. The topological polar surface area (TPSA) is 59.2 Å². The fraction of sp³-hybridized carbons (Fsp3) is 0.737. The van der Waals surface area contributed by atoms with Crippen molar-refractivity contribution in [1.82, 2.24) is 10.2 Å². The van der Waals surface area contributed by atoms with Crippen LogP contribution in [0.15, 0.2) is 27.8 Å². The van der Waals surface area contributed by atoms with Gasteiger partial charge in [0.15, 0.2) is 11.7 Å². The standard InChI is InChI=1S/C19H31N3O3.HI/c1-15(2)21-18(20-9-8-17-7-5-11-23-17)22-10-4-6-16(14-22)19(3)24-12-13-25-19;/h5,7,11,15-16H,4,6,8-10,12-14H2,1-3H3,(H,20,21);1H. The van der Waals surface area contributed by atoms with E-state index in [9.17, 15) is 0 Å². The molecular weight excluding hydrogens is 445 g/mol. The Hall–Kier alpha value is -0.800. The third-order valence-electron chi connectivity index (χ3n) is 4.94. The van der Waals surface area contributed by atoms with Gasteiger partial charge in [0.1, 0.15) is 5.76 Å². The molecule has 3 heterocycles. The van der Waals surface area contributed by atoms with Crippen molar-refractivity contribution in [3.05, 3.63) is 24.2 Å². The second kappa shape index (κ2) is 9.94. The molecule has 0 aromatic carbocycles. The second-order valence-electron chi connectivity index (χ2n) is 7.33. The summed E-state index contributed by atoms with van der Waals surface area (Å²) >= 11 is 0. The van der Waals surface area contributed by atoms with Gasteiger partial charge in [0, 0.05) is 38.0 Å². The number of rotatable bonds is 5. The van der Waals surface area contributed by atoms with Gasteiger partial charge in [0.2, 0.25) is 0 Å². The lowest BCUT2D eigenvalue weighted by molar-refractivity contribution is -0.189. The van der Waals surface area contributed by atoms with Crippen LogP contribution < -0.4 is 5.32 Å². The van der Waals surface area contributed by atoms with E-state index >= 15 is 0 Å². The maximum Gasteiger partial charge on any atom is 0.194 e. The number of nitrogens with one attached hydrogen (secondary N) is 1. The van der Waals surface area contributed by atoms with Gasteiger partial charge in [0.25, 0.3) is 0 Å². The minimum absolute atomic E-state index is 0. The highest BCUT2D eigenvalue weighted by molar-refractivity contribution is 14.0. The fourth-order valence-corrected chi connectivity index (χ4v) is 3.59. The molecule has 1 N–H and O–H groups in total. The van der Waals surface area contributed by atoms with Crippen LogP contribution >= 0.6 is 24.0 Å². The van der Waals surface area contributed by atoms with E-state index in [1.54, 1.807) is 6.26 Å². The van der Waals surface area contributed by atoms with Gasteiger partial charge in [-0.2, -0.15) is 0 Å². The average Bonchev–Trinajstić information content (AvgIpc) is 3.26. The van der Waals surface area contributed by atoms with Crippen LogP contribution in [0, 0.1) is 5.92 Å². The van der Waals surface area contributed by atoms with E-state index in [2.05, 4.69) is 31.0 Å². The van der Waals surface area contributed by atoms with E-state index in [1.807, 2.05) is 12.1 Å². The lowest BCUT2D eigenvalue weighted by atomic mass is 9.90. The molecule has 6 nitrogen and oxygen atoms in total. The summed E-state index contributed by atoms with van der Waals surface area (Å²) in [5.41, 5.74) is 0. The van der Waals surface area contributed by atoms with E-state index in [4.69, 9.17) is 18.9 Å². The van der Waals surface area contributed by atoms with Crippen molar-refractivity contribution in [2.75, 3.05) is 32.8 Å². The predicted octanol–water partition coefficient (Wildman–Crippen LogP) is 3.27. The van der Waals surface area contributed by atoms with E-state index in [-0.39, 0.29) is 24.0 Å². The molecule has 0 radical (unpaired) electrons. The zero-order valence-corrected chi connectivity index (χ0v) is 18.4. The SMILES string of the molecule is CC(C)NC(=NCCc1ccco1)N1CCCC(C2(C)OCCO2)C1.I. The largest absolute Gasteiger partial charge is 0.469 e. The molecule has 7 heteroatoms. The monoisotopic (exact) mass is 477 g/mol. The van der Waals surface area contributed by atoms with Crippen LogP contribution in [0.4, 0.5) is 0 Å². The third kappa shape index (κ3) is 5.60. The van der Waals surface area contributed by atoms with Gasteiger partial charge in [-0.15, -0.1) is 24.0 Å². The summed E-state index contributed by atoms with van der Waals surface area (Å²) in [4.78, 5) is 7.19. The van der Waals surface area contributed by atoms with Crippen LogP contribution in [0.3, 0.4) is 0 Å².